The Balaban J connectivity index is 1.48. The topological polar surface area (TPSA) is 76.2 Å². The SMILES string of the molecule is CC1CCN(S(=O)(=O)c2ccc(C(=O)N3CCCCC3C3OCCO3)cc2)CC1. The van der Waals surface area contributed by atoms with Crippen LogP contribution in [0.25, 0.3) is 0 Å². The van der Waals surface area contributed by atoms with E-state index in [1.165, 1.54) is 0 Å². The van der Waals surface area contributed by atoms with Gasteiger partial charge in [0.25, 0.3) is 5.91 Å². The van der Waals surface area contributed by atoms with Gasteiger partial charge in [-0.05, 0) is 62.3 Å². The average molecular weight is 423 g/mol. The zero-order chi connectivity index (χ0) is 20.4. The molecular weight excluding hydrogens is 392 g/mol. The third-order valence-corrected chi connectivity index (χ3v) is 8.17. The molecule has 0 spiro atoms. The summed E-state index contributed by atoms with van der Waals surface area (Å²) in [6.45, 7) is 5.05. The molecule has 0 N–H and O–H groups in total. The van der Waals surface area contributed by atoms with Gasteiger partial charge in [-0.15, -0.1) is 0 Å². The molecule has 3 aliphatic heterocycles. The fraction of sp³-hybridized carbons (Fsp3) is 0.667. The van der Waals surface area contributed by atoms with Crippen molar-refractivity contribution in [1.29, 1.82) is 0 Å². The monoisotopic (exact) mass is 422 g/mol. The van der Waals surface area contributed by atoms with Gasteiger partial charge in [-0.2, -0.15) is 4.31 Å². The predicted octanol–water partition coefficient (Wildman–Crippen LogP) is 2.47. The molecular formula is C21H30N2O5S. The van der Waals surface area contributed by atoms with Crippen LogP contribution in [0.4, 0.5) is 0 Å². The maximum absolute atomic E-state index is 13.1. The van der Waals surface area contributed by atoms with Crippen molar-refractivity contribution < 1.29 is 22.7 Å². The minimum atomic E-state index is -3.51. The van der Waals surface area contributed by atoms with Gasteiger partial charge in [0.2, 0.25) is 10.0 Å². The second kappa shape index (κ2) is 8.71. The van der Waals surface area contributed by atoms with E-state index >= 15 is 0 Å². The number of likely N-dealkylation sites (tertiary alicyclic amines) is 1. The molecule has 160 valence electrons. The zero-order valence-corrected chi connectivity index (χ0v) is 17.8. The Kier molecular flexibility index (Phi) is 6.24. The fourth-order valence-electron chi connectivity index (χ4n) is 4.40. The minimum absolute atomic E-state index is 0.0856. The van der Waals surface area contributed by atoms with Crippen LogP contribution in [0.1, 0.15) is 49.4 Å². The molecule has 0 radical (unpaired) electrons. The van der Waals surface area contributed by atoms with E-state index in [-0.39, 0.29) is 23.1 Å². The Morgan fingerprint density at radius 1 is 0.966 bits per heavy atom. The van der Waals surface area contributed by atoms with E-state index in [1.807, 2.05) is 4.90 Å². The van der Waals surface area contributed by atoms with Crippen molar-refractivity contribution in [2.24, 2.45) is 5.92 Å². The molecule has 8 heteroatoms. The number of amides is 1. The molecule has 1 atom stereocenters. The number of carbonyl (C=O) groups is 1. The molecule has 0 bridgehead atoms. The number of benzene rings is 1. The predicted molar refractivity (Wildman–Crippen MR) is 108 cm³/mol. The molecule has 4 rings (SSSR count). The molecule has 3 fully saturated rings. The maximum atomic E-state index is 13.1. The molecule has 7 nitrogen and oxygen atoms in total. The van der Waals surface area contributed by atoms with Crippen molar-refractivity contribution in [2.75, 3.05) is 32.8 Å². The van der Waals surface area contributed by atoms with Crippen LogP contribution in [0, 0.1) is 5.92 Å². The quantitative estimate of drug-likeness (QED) is 0.745. The lowest BCUT2D eigenvalue weighted by molar-refractivity contribution is -0.100. The van der Waals surface area contributed by atoms with Crippen LogP contribution in [-0.2, 0) is 19.5 Å². The van der Waals surface area contributed by atoms with Crippen molar-refractivity contribution in [1.82, 2.24) is 9.21 Å². The molecule has 29 heavy (non-hydrogen) atoms. The van der Waals surface area contributed by atoms with Crippen LogP contribution in [0.3, 0.4) is 0 Å². The lowest BCUT2D eigenvalue weighted by Gasteiger charge is -2.38. The molecule has 1 aromatic carbocycles. The third kappa shape index (κ3) is 4.35. The van der Waals surface area contributed by atoms with Gasteiger partial charge < -0.3 is 14.4 Å². The van der Waals surface area contributed by atoms with Gasteiger partial charge in [-0.1, -0.05) is 6.92 Å². The molecule has 0 aromatic heterocycles. The van der Waals surface area contributed by atoms with E-state index in [0.717, 1.165) is 32.1 Å². The molecule has 0 saturated carbocycles. The first-order valence-corrected chi connectivity index (χ1v) is 12.1. The summed E-state index contributed by atoms with van der Waals surface area (Å²) in [5.74, 6) is 0.469. The van der Waals surface area contributed by atoms with Crippen molar-refractivity contribution >= 4 is 15.9 Å². The number of carbonyl (C=O) groups excluding carboxylic acids is 1. The molecule has 3 aliphatic rings. The van der Waals surface area contributed by atoms with Crippen molar-refractivity contribution in [2.45, 2.75) is 56.3 Å². The summed E-state index contributed by atoms with van der Waals surface area (Å²) in [4.78, 5) is 15.2. The lowest BCUT2D eigenvalue weighted by Crippen LogP contribution is -2.50. The molecule has 3 saturated heterocycles. The highest BCUT2D eigenvalue weighted by Gasteiger charge is 2.36. The summed E-state index contributed by atoms with van der Waals surface area (Å²) in [5, 5.41) is 0. The third-order valence-electron chi connectivity index (χ3n) is 6.25. The van der Waals surface area contributed by atoms with Crippen LogP contribution in [0.2, 0.25) is 0 Å². The molecule has 0 aliphatic carbocycles. The van der Waals surface area contributed by atoms with E-state index < -0.39 is 10.0 Å². The van der Waals surface area contributed by atoms with Crippen LogP contribution in [0.5, 0.6) is 0 Å². The Bertz CT molecular complexity index is 812. The fourth-order valence-corrected chi connectivity index (χ4v) is 5.87. The summed E-state index contributed by atoms with van der Waals surface area (Å²) in [5.41, 5.74) is 0.501. The van der Waals surface area contributed by atoms with Gasteiger partial charge in [-0.25, -0.2) is 8.42 Å². The Morgan fingerprint density at radius 2 is 1.62 bits per heavy atom. The largest absolute Gasteiger partial charge is 0.348 e. The first-order chi connectivity index (χ1) is 14.0. The summed E-state index contributed by atoms with van der Waals surface area (Å²) in [6.07, 6.45) is 4.27. The van der Waals surface area contributed by atoms with Crippen molar-refractivity contribution in [3.63, 3.8) is 0 Å². The number of piperidine rings is 2. The van der Waals surface area contributed by atoms with E-state index in [2.05, 4.69) is 6.92 Å². The van der Waals surface area contributed by atoms with Gasteiger partial charge in [0.15, 0.2) is 6.29 Å². The molecule has 3 heterocycles. The lowest BCUT2D eigenvalue weighted by atomic mass is 10.00. The van der Waals surface area contributed by atoms with Crippen molar-refractivity contribution in [3.05, 3.63) is 29.8 Å². The van der Waals surface area contributed by atoms with Gasteiger partial charge in [0.05, 0.1) is 24.2 Å². The Labute approximate surface area is 173 Å². The highest BCUT2D eigenvalue weighted by Crippen LogP contribution is 2.27. The van der Waals surface area contributed by atoms with Gasteiger partial charge >= 0.3 is 0 Å². The van der Waals surface area contributed by atoms with E-state index in [4.69, 9.17) is 9.47 Å². The number of nitrogens with zero attached hydrogens (tertiary/aromatic N) is 2. The summed E-state index contributed by atoms with van der Waals surface area (Å²) in [6, 6.07) is 6.29. The smallest absolute Gasteiger partial charge is 0.254 e. The average Bonchev–Trinajstić information content (AvgIpc) is 3.28. The normalized spacial score (nSPS) is 25.4. The van der Waals surface area contributed by atoms with Crippen LogP contribution in [0.15, 0.2) is 29.2 Å². The van der Waals surface area contributed by atoms with E-state index in [0.29, 0.717) is 44.3 Å². The number of ether oxygens (including phenoxy) is 2. The maximum Gasteiger partial charge on any atom is 0.254 e. The number of rotatable bonds is 4. The van der Waals surface area contributed by atoms with Gasteiger partial charge in [0, 0.05) is 25.2 Å². The highest BCUT2D eigenvalue weighted by molar-refractivity contribution is 7.89. The second-order valence-corrected chi connectivity index (χ2v) is 10.2. The van der Waals surface area contributed by atoms with E-state index in [1.54, 1.807) is 28.6 Å². The number of hydrogen-bond donors (Lipinski definition) is 0. The highest BCUT2D eigenvalue weighted by atomic mass is 32.2. The van der Waals surface area contributed by atoms with Gasteiger partial charge in [0.1, 0.15) is 0 Å². The first-order valence-electron chi connectivity index (χ1n) is 10.6. The van der Waals surface area contributed by atoms with Crippen LogP contribution >= 0.6 is 0 Å². The molecule has 1 aromatic rings. The Morgan fingerprint density at radius 3 is 2.28 bits per heavy atom. The van der Waals surface area contributed by atoms with Crippen LogP contribution in [-0.4, -0.2) is 68.7 Å². The van der Waals surface area contributed by atoms with Gasteiger partial charge in [-0.3, -0.25) is 4.79 Å². The van der Waals surface area contributed by atoms with E-state index in [9.17, 15) is 13.2 Å². The standard InChI is InChI=1S/C21H30N2O5S/c1-16-9-12-22(13-10-16)29(25,26)18-7-5-17(6-8-18)20(24)23-11-3-2-4-19(23)21-27-14-15-28-21/h5-8,16,19,21H,2-4,9-15H2,1H3. The minimum Gasteiger partial charge on any atom is -0.348 e. The number of sulfonamides is 1. The number of hydrogen-bond acceptors (Lipinski definition) is 5. The summed E-state index contributed by atoms with van der Waals surface area (Å²) in [7, 11) is -3.51. The Hall–Kier alpha value is -1.48. The van der Waals surface area contributed by atoms with Crippen molar-refractivity contribution in [3.8, 4) is 0 Å². The second-order valence-electron chi connectivity index (χ2n) is 8.28. The summed E-state index contributed by atoms with van der Waals surface area (Å²) < 4.78 is 38.6. The first kappa shape index (κ1) is 20.8. The molecule has 1 unspecified atom stereocenters. The zero-order valence-electron chi connectivity index (χ0n) is 17.0. The van der Waals surface area contributed by atoms with Crippen LogP contribution < -0.4 is 0 Å². The summed E-state index contributed by atoms with van der Waals surface area (Å²) >= 11 is 0. The molecule has 1 amide bonds.